The minimum atomic E-state index is -0.422. The molecule has 2 amide bonds. The molecule has 1 heterocycles. The predicted molar refractivity (Wildman–Crippen MR) is 98.8 cm³/mol. The molecular formula is C21H28N2O3. The van der Waals surface area contributed by atoms with Gasteiger partial charge >= 0.3 is 6.09 Å². The first-order valence-electron chi connectivity index (χ1n) is 9.48. The first kappa shape index (κ1) is 17.4. The molecule has 3 aliphatic rings. The van der Waals surface area contributed by atoms with Crippen molar-refractivity contribution >= 4 is 12.0 Å². The number of nitrogens with zero attached hydrogens (tertiary/aromatic N) is 1. The Morgan fingerprint density at radius 3 is 2.50 bits per heavy atom. The van der Waals surface area contributed by atoms with Gasteiger partial charge in [0.05, 0.1) is 7.11 Å². The van der Waals surface area contributed by atoms with E-state index in [1.165, 1.54) is 18.2 Å². The Kier molecular flexibility index (Phi) is 3.83. The molecule has 140 valence electrons. The first-order valence-corrected chi connectivity index (χ1v) is 9.48. The number of hydrogen-bond acceptors (Lipinski definition) is 3. The fourth-order valence-corrected chi connectivity index (χ4v) is 5.44. The monoisotopic (exact) mass is 356 g/mol. The average molecular weight is 356 g/mol. The second-order valence-electron chi connectivity index (χ2n) is 8.95. The van der Waals surface area contributed by atoms with Crippen molar-refractivity contribution < 1.29 is 14.3 Å². The Hall–Kier alpha value is -2.04. The first-order chi connectivity index (χ1) is 12.3. The predicted octanol–water partition coefficient (Wildman–Crippen LogP) is 3.08. The van der Waals surface area contributed by atoms with E-state index in [0.29, 0.717) is 24.7 Å². The van der Waals surface area contributed by atoms with Crippen molar-refractivity contribution in [2.75, 3.05) is 20.2 Å². The number of aryl methyl sites for hydroxylation is 1. The molecule has 3 fully saturated rings. The molecule has 1 aromatic carbocycles. The third kappa shape index (κ3) is 2.60. The van der Waals surface area contributed by atoms with Crippen LogP contribution in [0.15, 0.2) is 24.3 Å². The van der Waals surface area contributed by atoms with Crippen LogP contribution in [0.25, 0.3) is 0 Å². The highest BCUT2D eigenvalue weighted by atomic mass is 16.5. The summed E-state index contributed by atoms with van der Waals surface area (Å²) in [6.45, 7) is 8.20. The maximum absolute atomic E-state index is 12.9. The second kappa shape index (κ2) is 5.73. The van der Waals surface area contributed by atoms with Crippen molar-refractivity contribution in [2.24, 2.45) is 17.3 Å². The Morgan fingerprint density at radius 1 is 1.23 bits per heavy atom. The van der Waals surface area contributed by atoms with Gasteiger partial charge in [-0.2, -0.15) is 0 Å². The number of ether oxygens (including phenoxy) is 1. The number of rotatable bonds is 3. The normalized spacial score (nSPS) is 37.5. The third-order valence-corrected chi connectivity index (χ3v) is 6.97. The Labute approximate surface area is 155 Å². The van der Waals surface area contributed by atoms with E-state index in [1.807, 2.05) is 6.92 Å². The van der Waals surface area contributed by atoms with Crippen LogP contribution in [0.4, 0.5) is 4.79 Å². The number of alkyl carbamates (subject to hydrolysis) is 1. The third-order valence-electron chi connectivity index (χ3n) is 6.97. The maximum atomic E-state index is 12.9. The topological polar surface area (TPSA) is 58.6 Å². The number of carbonyl (C=O) groups is 2. The highest BCUT2D eigenvalue weighted by molar-refractivity contribution is 5.81. The average Bonchev–Trinajstić information content (AvgIpc) is 2.97. The number of amides is 2. The van der Waals surface area contributed by atoms with Gasteiger partial charge in [0.25, 0.3) is 0 Å². The van der Waals surface area contributed by atoms with Gasteiger partial charge in [0.1, 0.15) is 0 Å². The van der Waals surface area contributed by atoms with Crippen molar-refractivity contribution in [1.82, 2.24) is 10.2 Å². The number of fused-ring (bicyclic) bond motifs is 1. The summed E-state index contributed by atoms with van der Waals surface area (Å²) in [6.07, 6.45) is 0.967. The molecule has 0 aromatic heterocycles. The minimum Gasteiger partial charge on any atom is -0.453 e. The molecule has 1 saturated heterocycles. The Balaban J connectivity index is 1.35. The van der Waals surface area contributed by atoms with E-state index in [2.05, 4.69) is 53.1 Å². The largest absolute Gasteiger partial charge is 0.453 e. The van der Waals surface area contributed by atoms with Crippen LogP contribution in [-0.4, -0.2) is 42.6 Å². The molecule has 4 rings (SSSR count). The summed E-state index contributed by atoms with van der Waals surface area (Å²) in [5, 5.41) is 2.85. The van der Waals surface area contributed by atoms with Crippen LogP contribution in [0.5, 0.6) is 0 Å². The highest BCUT2D eigenvalue weighted by Gasteiger charge is 2.67. The number of piperidine rings is 1. The van der Waals surface area contributed by atoms with Crippen LogP contribution >= 0.6 is 0 Å². The molecule has 5 heteroatoms. The number of hydrogen-bond donors (Lipinski definition) is 1. The molecule has 1 aromatic rings. The van der Waals surface area contributed by atoms with E-state index in [1.54, 1.807) is 0 Å². The molecule has 2 saturated carbocycles. The quantitative estimate of drug-likeness (QED) is 0.905. The van der Waals surface area contributed by atoms with Crippen LogP contribution < -0.4 is 5.32 Å². The van der Waals surface area contributed by atoms with Crippen LogP contribution in [0.1, 0.15) is 43.7 Å². The minimum absolute atomic E-state index is 0.0233. The summed E-state index contributed by atoms with van der Waals surface area (Å²) in [4.78, 5) is 26.3. The fraction of sp³-hybridized carbons (Fsp3) is 0.619. The lowest BCUT2D eigenvalue weighted by Gasteiger charge is -2.45. The summed E-state index contributed by atoms with van der Waals surface area (Å²) in [7, 11) is 1.36. The van der Waals surface area contributed by atoms with Crippen LogP contribution in [-0.2, 0) is 9.53 Å². The molecule has 0 unspecified atom stereocenters. The zero-order chi connectivity index (χ0) is 18.7. The standard InChI is InChI=1S/C21H28N2O3/c1-13-7-5-6-8-15(13)17-16-11-23(12-21(16,17)3)18(24)14-9-20(2,10-14)22-19(25)26-4/h5-8,14,16-17H,9-12H2,1-4H3,(H,22,25)/t14?,16-,17-,20?,21-/m0/s1. The summed E-state index contributed by atoms with van der Waals surface area (Å²) in [6, 6.07) is 8.63. The van der Waals surface area contributed by atoms with Gasteiger partial charge < -0.3 is 15.0 Å². The van der Waals surface area contributed by atoms with Crippen molar-refractivity contribution in [1.29, 1.82) is 0 Å². The molecule has 26 heavy (non-hydrogen) atoms. The highest BCUT2D eigenvalue weighted by Crippen LogP contribution is 2.68. The fourth-order valence-electron chi connectivity index (χ4n) is 5.44. The number of likely N-dealkylation sites (tertiary alicyclic amines) is 1. The lowest BCUT2D eigenvalue weighted by molar-refractivity contribution is -0.140. The van der Waals surface area contributed by atoms with E-state index in [4.69, 9.17) is 0 Å². The SMILES string of the molecule is COC(=O)NC1(C)CC(C(=O)N2C[C@H]3[C@H](c4ccccc4C)[C@@]3(C)C2)C1. The van der Waals surface area contributed by atoms with E-state index < -0.39 is 6.09 Å². The summed E-state index contributed by atoms with van der Waals surface area (Å²) < 4.78 is 4.67. The van der Waals surface area contributed by atoms with Gasteiger partial charge in [-0.1, -0.05) is 31.2 Å². The van der Waals surface area contributed by atoms with Gasteiger partial charge in [0.15, 0.2) is 0 Å². The summed E-state index contributed by atoms with van der Waals surface area (Å²) in [5.74, 6) is 1.44. The maximum Gasteiger partial charge on any atom is 0.407 e. The van der Waals surface area contributed by atoms with Gasteiger partial charge in [-0.25, -0.2) is 4.79 Å². The second-order valence-corrected chi connectivity index (χ2v) is 8.95. The molecule has 1 aliphatic heterocycles. The van der Waals surface area contributed by atoms with E-state index in [0.717, 1.165) is 13.1 Å². The molecule has 5 nitrogen and oxygen atoms in total. The number of nitrogens with one attached hydrogen (secondary N) is 1. The lowest BCUT2D eigenvalue weighted by atomic mass is 9.69. The number of methoxy groups -OCH3 is 1. The van der Waals surface area contributed by atoms with Gasteiger partial charge in [0, 0.05) is 24.5 Å². The Bertz CT molecular complexity index is 755. The van der Waals surface area contributed by atoms with Crippen molar-refractivity contribution in [3.8, 4) is 0 Å². The molecule has 2 aliphatic carbocycles. The Morgan fingerprint density at radius 2 is 1.92 bits per heavy atom. The number of carbonyl (C=O) groups excluding carboxylic acids is 2. The van der Waals surface area contributed by atoms with Crippen molar-refractivity contribution in [2.45, 2.75) is 45.1 Å². The van der Waals surface area contributed by atoms with Crippen LogP contribution in [0.2, 0.25) is 0 Å². The zero-order valence-electron chi connectivity index (χ0n) is 16.0. The van der Waals surface area contributed by atoms with Crippen LogP contribution in [0.3, 0.4) is 0 Å². The summed E-state index contributed by atoms with van der Waals surface area (Å²) in [5.41, 5.74) is 2.71. The molecule has 0 spiro atoms. The van der Waals surface area contributed by atoms with Gasteiger partial charge in [0.2, 0.25) is 5.91 Å². The zero-order valence-corrected chi connectivity index (χ0v) is 16.0. The molecule has 1 N–H and O–H groups in total. The van der Waals surface area contributed by atoms with E-state index >= 15 is 0 Å². The lowest BCUT2D eigenvalue weighted by Crippen LogP contribution is -2.58. The smallest absolute Gasteiger partial charge is 0.407 e. The number of benzene rings is 1. The van der Waals surface area contributed by atoms with E-state index in [-0.39, 0.29) is 22.8 Å². The van der Waals surface area contributed by atoms with Crippen molar-refractivity contribution in [3.05, 3.63) is 35.4 Å². The molecule has 0 bridgehead atoms. The molecular weight excluding hydrogens is 328 g/mol. The molecule has 3 atom stereocenters. The molecule has 0 radical (unpaired) electrons. The van der Waals surface area contributed by atoms with Gasteiger partial charge in [-0.05, 0) is 55.1 Å². The van der Waals surface area contributed by atoms with Crippen molar-refractivity contribution in [3.63, 3.8) is 0 Å². The van der Waals surface area contributed by atoms with Gasteiger partial charge in [-0.15, -0.1) is 0 Å². The summed E-state index contributed by atoms with van der Waals surface area (Å²) >= 11 is 0. The van der Waals surface area contributed by atoms with E-state index in [9.17, 15) is 9.59 Å². The van der Waals surface area contributed by atoms with Crippen LogP contribution in [0, 0.1) is 24.2 Å². The van der Waals surface area contributed by atoms with Gasteiger partial charge in [-0.3, -0.25) is 4.79 Å².